The molecule has 104 valence electrons. The molecule has 2 nitrogen and oxygen atoms in total. The van der Waals surface area contributed by atoms with E-state index in [-0.39, 0.29) is 11.9 Å². The largest absolute Gasteiger partial charge is 0.382 e. The minimum Gasteiger partial charge on any atom is -0.382 e. The highest BCUT2D eigenvalue weighted by Gasteiger charge is 2.20. The number of anilines is 1. The minimum atomic E-state index is -0.219. The molecule has 0 fully saturated rings. The van der Waals surface area contributed by atoms with Gasteiger partial charge in [-0.05, 0) is 42.2 Å². The van der Waals surface area contributed by atoms with Gasteiger partial charge in [-0.25, -0.2) is 4.39 Å². The third kappa shape index (κ3) is 2.68. The maximum Gasteiger partial charge on any atom is 0.125 e. The normalized spacial score (nSPS) is 17.6. The molecular weight excluding hydrogens is 253 g/mol. The highest BCUT2D eigenvalue weighted by molar-refractivity contribution is 5.51. The van der Waals surface area contributed by atoms with Crippen molar-refractivity contribution in [1.29, 1.82) is 0 Å². The van der Waals surface area contributed by atoms with Crippen molar-refractivity contribution >= 4 is 5.69 Å². The van der Waals surface area contributed by atoms with Gasteiger partial charge in [-0.2, -0.15) is 0 Å². The molecule has 1 heterocycles. The number of hydrogen-bond acceptors (Lipinski definition) is 2. The molecule has 1 atom stereocenters. The molecule has 0 saturated carbocycles. The van der Waals surface area contributed by atoms with Crippen molar-refractivity contribution in [2.24, 2.45) is 0 Å². The molecule has 2 aromatic carbocycles. The van der Waals surface area contributed by atoms with Gasteiger partial charge < -0.3 is 10.1 Å². The van der Waals surface area contributed by atoms with Crippen LogP contribution < -0.4 is 5.32 Å². The SMILES string of the molecule is Cc1ccc(F)cc1NCC1OCCc2ccccc21. The lowest BCUT2D eigenvalue weighted by molar-refractivity contribution is 0.0513. The quantitative estimate of drug-likeness (QED) is 0.915. The first-order chi connectivity index (χ1) is 9.74. The Morgan fingerprint density at radius 2 is 2.10 bits per heavy atom. The Morgan fingerprint density at radius 3 is 3.00 bits per heavy atom. The zero-order valence-corrected chi connectivity index (χ0v) is 11.5. The van der Waals surface area contributed by atoms with E-state index in [1.54, 1.807) is 6.07 Å². The Hall–Kier alpha value is -1.87. The minimum absolute atomic E-state index is 0.0302. The Bertz CT molecular complexity index is 612. The number of ether oxygens (including phenoxy) is 1. The molecule has 0 saturated heterocycles. The lowest BCUT2D eigenvalue weighted by Crippen LogP contribution is -2.23. The van der Waals surface area contributed by atoms with Gasteiger partial charge >= 0.3 is 0 Å². The van der Waals surface area contributed by atoms with Crippen LogP contribution in [-0.2, 0) is 11.2 Å². The Labute approximate surface area is 118 Å². The van der Waals surface area contributed by atoms with Gasteiger partial charge in [-0.15, -0.1) is 0 Å². The third-order valence-corrected chi connectivity index (χ3v) is 3.77. The maximum absolute atomic E-state index is 13.3. The Balaban J connectivity index is 1.75. The topological polar surface area (TPSA) is 21.3 Å². The number of benzene rings is 2. The van der Waals surface area contributed by atoms with E-state index in [1.807, 2.05) is 13.0 Å². The van der Waals surface area contributed by atoms with Crippen LogP contribution in [0.4, 0.5) is 10.1 Å². The molecular formula is C17H18FNO. The van der Waals surface area contributed by atoms with E-state index >= 15 is 0 Å². The van der Waals surface area contributed by atoms with Crippen LogP contribution in [0.1, 0.15) is 22.8 Å². The van der Waals surface area contributed by atoms with Crippen LogP contribution in [0.5, 0.6) is 0 Å². The standard InChI is InChI=1S/C17H18FNO/c1-12-6-7-14(18)10-16(12)19-11-17-15-5-3-2-4-13(15)8-9-20-17/h2-7,10,17,19H,8-9,11H2,1H3. The number of rotatable bonds is 3. The fraction of sp³-hybridized carbons (Fsp3) is 0.294. The molecule has 1 N–H and O–H groups in total. The van der Waals surface area contributed by atoms with Crippen molar-refractivity contribution in [3.8, 4) is 0 Å². The summed E-state index contributed by atoms with van der Waals surface area (Å²) < 4.78 is 19.1. The van der Waals surface area contributed by atoms with Gasteiger partial charge in [-0.3, -0.25) is 0 Å². The number of fused-ring (bicyclic) bond motifs is 1. The molecule has 1 aliphatic rings. The smallest absolute Gasteiger partial charge is 0.125 e. The first-order valence-corrected chi connectivity index (χ1v) is 6.93. The summed E-state index contributed by atoms with van der Waals surface area (Å²) in [7, 11) is 0. The summed E-state index contributed by atoms with van der Waals surface area (Å²) in [5.41, 5.74) is 4.45. The number of halogens is 1. The lowest BCUT2D eigenvalue weighted by atomic mass is 9.97. The van der Waals surface area contributed by atoms with Crippen LogP contribution in [-0.4, -0.2) is 13.2 Å². The molecule has 0 bridgehead atoms. The van der Waals surface area contributed by atoms with Gasteiger partial charge in [0.25, 0.3) is 0 Å². The fourth-order valence-corrected chi connectivity index (χ4v) is 2.63. The summed E-state index contributed by atoms with van der Waals surface area (Å²) in [5.74, 6) is -0.219. The molecule has 1 unspecified atom stereocenters. The average Bonchev–Trinajstić information content (AvgIpc) is 2.48. The zero-order chi connectivity index (χ0) is 13.9. The van der Waals surface area contributed by atoms with Gasteiger partial charge in [0, 0.05) is 12.2 Å². The average molecular weight is 271 g/mol. The summed E-state index contributed by atoms with van der Waals surface area (Å²) in [5, 5.41) is 3.30. The molecule has 3 rings (SSSR count). The van der Waals surface area contributed by atoms with Crippen LogP contribution in [0, 0.1) is 12.7 Å². The molecule has 2 aromatic rings. The second kappa shape index (κ2) is 5.63. The van der Waals surface area contributed by atoms with Gasteiger partial charge in [0.1, 0.15) is 5.82 Å². The van der Waals surface area contributed by atoms with Crippen molar-refractivity contribution in [2.45, 2.75) is 19.4 Å². The molecule has 20 heavy (non-hydrogen) atoms. The third-order valence-electron chi connectivity index (χ3n) is 3.77. The monoisotopic (exact) mass is 271 g/mol. The highest BCUT2D eigenvalue weighted by atomic mass is 19.1. The Kier molecular flexibility index (Phi) is 3.70. The summed E-state index contributed by atoms with van der Waals surface area (Å²) >= 11 is 0. The van der Waals surface area contributed by atoms with E-state index < -0.39 is 0 Å². The first-order valence-electron chi connectivity index (χ1n) is 6.93. The van der Waals surface area contributed by atoms with E-state index in [2.05, 4.69) is 23.5 Å². The summed E-state index contributed by atoms with van der Waals surface area (Å²) in [6, 6.07) is 13.2. The van der Waals surface area contributed by atoms with E-state index in [9.17, 15) is 4.39 Å². The molecule has 1 aliphatic heterocycles. The Morgan fingerprint density at radius 1 is 1.25 bits per heavy atom. The maximum atomic E-state index is 13.3. The molecule has 3 heteroatoms. The predicted octanol–water partition coefficient (Wildman–Crippen LogP) is 3.86. The van der Waals surface area contributed by atoms with Crippen molar-refractivity contribution < 1.29 is 9.13 Å². The van der Waals surface area contributed by atoms with E-state index in [4.69, 9.17) is 4.74 Å². The van der Waals surface area contributed by atoms with Gasteiger partial charge in [0.2, 0.25) is 0 Å². The van der Waals surface area contributed by atoms with Crippen LogP contribution in [0.2, 0.25) is 0 Å². The van der Waals surface area contributed by atoms with Crippen molar-refractivity contribution in [2.75, 3.05) is 18.5 Å². The second-order valence-electron chi connectivity index (χ2n) is 5.15. The van der Waals surface area contributed by atoms with Crippen molar-refractivity contribution in [3.05, 3.63) is 65.0 Å². The number of aryl methyl sites for hydroxylation is 1. The zero-order valence-electron chi connectivity index (χ0n) is 11.5. The summed E-state index contributed by atoms with van der Waals surface area (Å²) in [6.45, 7) is 3.37. The summed E-state index contributed by atoms with van der Waals surface area (Å²) in [6.07, 6.45) is 0.994. The second-order valence-corrected chi connectivity index (χ2v) is 5.15. The van der Waals surface area contributed by atoms with Gasteiger partial charge in [0.05, 0.1) is 12.7 Å². The highest BCUT2D eigenvalue weighted by Crippen LogP contribution is 2.27. The molecule has 0 aliphatic carbocycles. The molecule has 0 aromatic heterocycles. The fourth-order valence-electron chi connectivity index (χ4n) is 2.63. The van der Waals surface area contributed by atoms with Crippen molar-refractivity contribution in [1.82, 2.24) is 0 Å². The molecule has 0 amide bonds. The van der Waals surface area contributed by atoms with Crippen LogP contribution in [0.3, 0.4) is 0 Å². The van der Waals surface area contributed by atoms with Crippen molar-refractivity contribution in [3.63, 3.8) is 0 Å². The van der Waals surface area contributed by atoms with E-state index in [0.29, 0.717) is 6.54 Å². The van der Waals surface area contributed by atoms with Gasteiger partial charge in [0.15, 0.2) is 0 Å². The van der Waals surface area contributed by atoms with Crippen LogP contribution in [0.15, 0.2) is 42.5 Å². The molecule has 0 radical (unpaired) electrons. The first kappa shape index (κ1) is 13.1. The van der Waals surface area contributed by atoms with E-state index in [1.165, 1.54) is 23.3 Å². The van der Waals surface area contributed by atoms with Gasteiger partial charge in [-0.1, -0.05) is 30.3 Å². The number of nitrogens with one attached hydrogen (secondary N) is 1. The number of hydrogen-bond donors (Lipinski definition) is 1. The summed E-state index contributed by atoms with van der Waals surface area (Å²) in [4.78, 5) is 0. The molecule has 0 spiro atoms. The lowest BCUT2D eigenvalue weighted by Gasteiger charge is -2.26. The van der Waals surface area contributed by atoms with E-state index in [0.717, 1.165) is 24.3 Å². The predicted molar refractivity (Wildman–Crippen MR) is 78.5 cm³/mol. The van der Waals surface area contributed by atoms with Crippen LogP contribution in [0.25, 0.3) is 0 Å². The van der Waals surface area contributed by atoms with Crippen LogP contribution >= 0.6 is 0 Å².